The summed E-state index contributed by atoms with van der Waals surface area (Å²) in [6.45, 7) is 5.80. The Balaban J connectivity index is 1.77. The van der Waals surface area contributed by atoms with Crippen molar-refractivity contribution in [1.29, 1.82) is 0 Å². The Morgan fingerprint density at radius 3 is 2.68 bits per heavy atom. The zero-order valence-electron chi connectivity index (χ0n) is 14.3. The number of carbonyl (C=O) groups excluding carboxylic acids is 2. The highest BCUT2D eigenvalue weighted by Crippen LogP contribution is 2.29. The lowest BCUT2D eigenvalue weighted by Crippen LogP contribution is -2.38. The number of amides is 2. The van der Waals surface area contributed by atoms with Crippen LogP contribution in [-0.2, 0) is 9.59 Å². The van der Waals surface area contributed by atoms with Crippen LogP contribution in [0.2, 0.25) is 0 Å². The number of carbonyl (C=O) groups is 2. The average Bonchev–Trinajstić information content (AvgIpc) is 3.16. The number of hydrogen-bond donors (Lipinski definition) is 1. The van der Waals surface area contributed by atoms with Crippen molar-refractivity contribution < 1.29 is 9.59 Å². The molecule has 0 unspecified atom stereocenters. The molecule has 4 nitrogen and oxygen atoms in total. The smallest absolute Gasteiger partial charge is 0.225 e. The summed E-state index contributed by atoms with van der Waals surface area (Å²) in [4.78, 5) is 26.5. The molecule has 1 saturated carbocycles. The van der Waals surface area contributed by atoms with Crippen molar-refractivity contribution in [2.75, 3.05) is 13.1 Å². The standard InChI is InChI=1S/C18H32N2O2/c1-3-5-8-14(4-2)12-19-18(22)15-11-17(21)20(13-15)16-9-6-7-10-16/h14-16H,3-13H2,1-2H3,(H,19,22)/t14-,15-/m1/s1. The number of hydrogen-bond acceptors (Lipinski definition) is 2. The fourth-order valence-corrected chi connectivity index (χ4v) is 3.81. The molecule has 0 bridgehead atoms. The molecule has 22 heavy (non-hydrogen) atoms. The second-order valence-corrected chi connectivity index (χ2v) is 7.05. The predicted molar refractivity (Wildman–Crippen MR) is 88.4 cm³/mol. The highest BCUT2D eigenvalue weighted by molar-refractivity contribution is 5.89. The summed E-state index contributed by atoms with van der Waals surface area (Å²) in [7, 11) is 0. The van der Waals surface area contributed by atoms with Gasteiger partial charge >= 0.3 is 0 Å². The predicted octanol–water partition coefficient (Wildman–Crippen LogP) is 3.11. The quantitative estimate of drug-likeness (QED) is 0.749. The molecule has 0 aromatic heterocycles. The molecule has 0 aromatic carbocycles. The first-order valence-corrected chi connectivity index (χ1v) is 9.22. The van der Waals surface area contributed by atoms with Crippen molar-refractivity contribution >= 4 is 11.8 Å². The second-order valence-electron chi connectivity index (χ2n) is 7.05. The van der Waals surface area contributed by atoms with E-state index in [9.17, 15) is 9.59 Å². The van der Waals surface area contributed by atoms with Crippen LogP contribution in [0.1, 0.15) is 71.6 Å². The van der Waals surface area contributed by atoms with E-state index in [2.05, 4.69) is 19.2 Å². The summed E-state index contributed by atoms with van der Waals surface area (Å²) in [6, 6.07) is 0.401. The molecule has 1 heterocycles. The third-order valence-corrected chi connectivity index (χ3v) is 5.40. The highest BCUT2D eigenvalue weighted by atomic mass is 16.2. The van der Waals surface area contributed by atoms with Crippen molar-refractivity contribution in [3.05, 3.63) is 0 Å². The number of nitrogens with zero attached hydrogens (tertiary/aromatic N) is 1. The molecule has 2 aliphatic rings. The van der Waals surface area contributed by atoms with Gasteiger partial charge in [0.1, 0.15) is 0 Å². The van der Waals surface area contributed by atoms with E-state index in [-0.39, 0.29) is 17.7 Å². The monoisotopic (exact) mass is 308 g/mol. The van der Waals surface area contributed by atoms with E-state index in [1.807, 2.05) is 4.90 Å². The Labute approximate surface area is 135 Å². The maximum absolute atomic E-state index is 12.4. The number of rotatable bonds is 8. The van der Waals surface area contributed by atoms with Gasteiger partial charge in [-0.2, -0.15) is 0 Å². The minimum Gasteiger partial charge on any atom is -0.356 e. The van der Waals surface area contributed by atoms with Crippen LogP contribution < -0.4 is 5.32 Å². The van der Waals surface area contributed by atoms with E-state index in [1.165, 1.54) is 32.1 Å². The zero-order chi connectivity index (χ0) is 15.9. The molecule has 1 saturated heterocycles. The summed E-state index contributed by atoms with van der Waals surface area (Å²) in [6.07, 6.45) is 9.83. The maximum atomic E-state index is 12.4. The molecular formula is C18H32N2O2. The molecular weight excluding hydrogens is 276 g/mol. The van der Waals surface area contributed by atoms with Crippen LogP contribution in [0.5, 0.6) is 0 Å². The van der Waals surface area contributed by atoms with Gasteiger partial charge in [-0.3, -0.25) is 9.59 Å². The molecule has 2 rings (SSSR count). The lowest BCUT2D eigenvalue weighted by Gasteiger charge is -2.24. The minimum atomic E-state index is -0.128. The van der Waals surface area contributed by atoms with Gasteiger partial charge in [-0.05, 0) is 25.2 Å². The normalized spacial score (nSPS) is 24.0. The number of nitrogens with one attached hydrogen (secondary N) is 1. The van der Waals surface area contributed by atoms with E-state index in [0.717, 1.165) is 25.8 Å². The van der Waals surface area contributed by atoms with Gasteiger partial charge in [0.05, 0.1) is 5.92 Å². The lowest BCUT2D eigenvalue weighted by molar-refractivity contribution is -0.130. The van der Waals surface area contributed by atoms with Gasteiger partial charge in [0, 0.05) is 25.6 Å². The van der Waals surface area contributed by atoms with Crippen LogP contribution in [0.25, 0.3) is 0 Å². The first-order chi connectivity index (χ1) is 10.7. The van der Waals surface area contributed by atoms with Crippen molar-refractivity contribution in [2.45, 2.75) is 77.7 Å². The maximum Gasteiger partial charge on any atom is 0.225 e. The summed E-state index contributed by atoms with van der Waals surface area (Å²) in [5.74, 6) is 0.720. The average molecular weight is 308 g/mol. The van der Waals surface area contributed by atoms with Gasteiger partial charge in [-0.15, -0.1) is 0 Å². The largest absolute Gasteiger partial charge is 0.356 e. The van der Waals surface area contributed by atoms with Gasteiger partial charge in [0.25, 0.3) is 0 Å². The van der Waals surface area contributed by atoms with Crippen LogP contribution in [0, 0.1) is 11.8 Å². The third kappa shape index (κ3) is 4.47. The Kier molecular flexibility index (Phi) is 6.71. The molecule has 0 aromatic rings. The van der Waals surface area contributed by atoms with E-state index in [4.69, 9.17) is 0 Å². The highest BCUT2D eigenvalue weighted by Gasteiger charge is 2.38. The molecule has 2 fully saturated rings. The number of likely N-dealkylation sites (tertiary alicyclic amines) is 1. The second kappa shape index (κ2) is 8.54. The van der Waals surface area contributed by atoms with Crippen LogP contribution in [0.4, 0.5) is 0 Å². The molecule has 4 heteroatoms. The number of unbranched alkanes of at least 4 members (excludes halogenated alkanes) is 1. The van der Waals surface area contributed by atoms with Crippen LogP contribution in [-0.4, -0.2) is 35.8 Å². The Bertz CT molecular complexity index is 377. The molecule has 2 atom stereocenters. The fraction of sp³-hybridized carbons (Fsp3) is 0.889. The SMILES string of the molecule is CCCC[C@@H](CC)CNC(=O)[C@@H]1CC(=O)N(C2CCCC2)C1. The van der Waals surface area contributed by atoms with E-state index >= 15 is 0 Å². The minimum absolute atomic E-state index is 0.0868. The molecule has 126 valence electrons. The van der Waals surface area contributed by atoms with Crippen LogP contribution >= 0.6 is 0 Å². The summed E-state index contributed by atoms with van der Waals surface area (Å²) in [5.41, 5.74) is 0. The molecule has 0 spiro atoms. The first-order valence-electron chi connectivity index (χ1n) is 9.22. The zero-order valence-corrected chi connectivity index (χ0v) is 14.3. The lowest BCUT2D eigenvalue weighted by atomic mass is 9.99. The van der Waals surface area contributed by atoms with Gasteiger partial charge in [-0.1, -0.05) is 46.0 Å². The summed E-state index contributed by atoms with van der Waals surface area (Å²) >= 11 is 0. The van der Waals surface area contributed by atoms with Gasteiger partial charge < -0.3 is 10.2 Å². The summed E-state index contributed by atoms with van der Waals surface area (Å²) < 4.78 is 0. The van der Waals surface area contributed by atoms with Crippen molar-refractivity contribution in [3.63, 3.8) is 0 Å². The first kappa shape index (κ1) is 17.3. The van der Waals surface area contributed by atoms with Crippen molar-refractivity contribution in [1.82, 2.24) is 10.2 Å². The molecule has 2 amide bonds. The Morgan fingerprint density at radius 2 is 2.05 bits per heavy atom. The van der Waals surface area contributed by atoms with Crippen molar-refractivity contribution in [2.24, 2.45) is 11.8 Å². The Morgan fingerprint density at radius 1 is 1.32 bits per heavy atom. The molecule has 0 radical (unpaired) electrons. The van der Waals surface area contributed by atoms with Gasteiger partial charge in [0.2, 0.25) is 11.8 Å². The fourth-order valence-electron chi connectivity index (χ4n) is 3.81. The van der Waals surface area contributed by atoms with Gasteiger partial charge in [0.15, 0.2) is 0 Å². The van der Waals surface area contributed by atoms with E-state index < -0.39 is 0 Å². The van der Waals surface area contributed by atoms with Crippen LogP contribution in [0.15, 0.2) is 0 Å². The molecule has 1 aliphatic heterocycles. The van der Waals surface area contributed by atoms with Crippen molar-refractivity contribution in [3.8, 4) is 0 Å². The van der Waals surface area contributed by atoms with Gasteiger partial charge in [-0.25, -0.2) is 0 Å². The van der Waals surface area contributed by atoms with E-state index in [0.29, 0.717) is 24.9 Å². The Hall–Kier alpha value is -1.06. The molecule has 1 aliphatic carbocycles. The van der Waals surface area contributed by atoms with Crippen LogP contribution in [0.3, 0.4) is 0 Å². The third-order valence-electron chi connectivity index (χ3n) is 5.40. The van der Waals surface area contributed by atoms with E-state index in [1.54, 1.807) is 0 Å². The summed E-state index contributed by atoms with van der Waals surface area (Å²) in [5, 5.41) is 3.10. The topological polar surface area (TPSA) is 49.4 Å². The molecule has 1 N–H and O–H groups in total.